The molecule has 1 rings (SSSR count). The molecule has 0 amide bonds. The minimum atomic E-state index is -0.940. The van der Waals surface area contributed by atoms with Gasteiger partial charge in [0.2, 0.25) is 0 Å². The van der Waals surface area contributed by atoms with Crippen molar-refractivity contribution in [2.24, 2.45) is 5.92 Å². The summed E-state index contributed by atoms with van der Waals surface area (Å²) in [6, 6.07) is 0. The molecule has 1 N–H and O–H groups in total. The van der Waals surface area contributed by atoms with E-state index in [9.17, 15) is 4.79 Å². The molecule has 0 spiro atoms. The summed E-state index contributed by atoms with van der Waals surface area (Å²) in [7, 11) is 0. The van der Waals surface area contributed by atoms with E-state index in [1.54, 1.807) is 12.3 Å². The van der Waals surface area contributed by atoms with E-state index in [0.29, 0.717) is 5.92 Å². The van der Waals surface area contributed by atoms with Crippen molar-refractivity contribution < 1.29 is 9.90 Å². The van der Waals surface area contributed by atoms with Crippen molar-refractivity contribution in [1.82, 2.24) is 9.78 Å². The zero-order valence-corrected chi connectivity index (χ0v) is 9.05. The predicted molar refractivity (Wildman–Crippen MR) is 58.4 cm³/mol. The van der Waals surface area contributed by atoms with Gasteiger partial charge in [0.05, 0.1) is 6.20 Å². The number of carbonyl (C=O) groups is 1. The molecule has 1 aromatic rings. The van der Waals surface area contributed by atoms with E-state index in [4.69, 9.17) is 5.11 Å². The maximum absolute atomic E-state index is 10.3. The number of carboxylic acids is 1. The third-order valence-corrected chi connectivity index (χ3v) is 2.01. The van der Waals surface area contributed by atoms with Gasteiger partial charge in [0.15, 0.2) is 0 Å². The van der Waals surface area contributed by atoms with Gasteiger partial charge in [0, 0.05) is 24.4 Å². The summed E-state index contributed by atoms with van der Waals surface area (Å²) in [5.74, 6) is -0.294. The molecule has 4 nitrogen and oxygen atoms in total. The number of rotatable bonds is 5. The highest BCUT2D eigenvalue weighted by molar-refractivity contribution is 5.85. The molecular formula is C11H16N2O2. The highest BCUT2D eigenvalue weighted by Gasteiger charge is 1.98. The molecule has 15 heavy (non-hydrogen) atoms. The van der Waals surface area contributed by atoms with Gasteiger partial charge in [-0.05, 0) is 18.4 Å². The van der Waals surface area contributed by atoms with Gasteiger partial charge in [-0.1, -0.05) is 13.8 Å². The van der Waals surface area contributed by atoms with Crippen LogP contribution >= 0.6 is 0 Å². The molecule has 1 aromatic heterocycles. The van der Waals surface area contributed by atoms with Crippen LogP contribution in [0, 0.1) is 5.92 Å². The molecule has 0 saturated carbocycles. The summed E-state index contributed by atoms with van der Waals surface area (Å²) in [5, 5.41) is 12.6. The summed E-state index contributed by atoms with van der Waals surface area (Å²) < 4.78 is 1.83. The number of aryl methyl sites for hydroxylation is 1. The van der Waals surface area contributed by atoms with E-state index in [2.05, 4.69) is 18.9 Å². The minimum Gasteiger partial charge on any atom is -0.478 e. The summed E-state index contributed by atoms with van der Waals surface area (Å²) in [4.78, 5) is 10.3. The lowest BCUT2D eigenvalue weighted by atomic mass is 10.1. The minimum absolute atomic E-state index is 0.646. The van der Waals surface area contributed by atoms with Crippen molar-refractivity contribution >= 4 is 12.0 Å². The molecule has 1 heterocycles. The molecule has 0 fully saturated rings. The molecule has 0 radical (unpaired) electrons. The highest BCUT2D eigenvalue weighted by Crippen LogP contribution is 2.05. The molecule has 4 heteroatoms. The number of carboxylic acid groups (broad SMARTS) is 1. The van der Waals surface area contributed by atoms with Crippen LogP contribution in [0.2, 0.25) is 0 Å². The second-order valence-electron chi connectivity index (χ2n) is 3.89. The zero-order chi connectivity index (χ0) is 11.3. The third-order valence-electron chi connectivity index (χ3n) is 2.01. The number of nitrogens with zero attached hydrogens (tertiary/aromatic N) is 2. The monoisotopic (exact) mass is 208 g/mol. The standard InChI is InChI=1S/C11H16N2O2/c1-9(2)5-6-13-8-10(7-12-13)3-4-11(14)15/h3-4,7-9H,5-6H2,1-2H3,(H,14,15)/b4-3+. The summed E-state index contributed by atoms with van der Waals surface area (Å²) >= 11 is 0. The maximum Gasteiger partial charge on any atom is 0.328 e. The van der Waals surface area contributed by atoms with Gasteiger partial charge in [0.25, 0.3) is 0 Å². The number of hydrogen-bond donors (Lipinski definition) is 1. The van der Waals surface area contributed by atoms with Crippen LogP contribution in [0.3, 0.4) is 0 Å². The maximum atomic E-state index is 10.3. The first kappa shape index (κ1) is 11.5. The Labute approximate surface area is 89.2 Å². The first-order valence-corrected chi connectivity index (χ1v) is 5.01. The molecule has 0 aliphatic heterocycles. The van der Waals surface area contributed by atoms with Gasteiger partial charge < -0.3 is 5.11 Å². The van der Waals surface area contributed by atoms with Crippen LogP contribution in [0.5, 0.6) is 0 Å². The second-order valence-corrected chi connectivity index (χ2v) is 3.89. The second kappa shape index (κ2) is 5.34. The van der Waals surface area contributed by atoms with Crippen molar-refractivity contribution in [2.45, 2.75) is 26.8 Å². The number of aliphatic carboxylic acids is 1. The van der Waals surface area contributed by atoms with Gasteiger partial charge in [-0.15, -0.1) is 0 Å². The fourth-order valence-electron chi connectivity index (χ4n) is 1.15. The molecule has 0 aliphatic carbocycles. The normalized spacial score (nSPS) is 11.4. The Bertz CT molecular complexity index is 353. The van der Waals surface area contributed by atoms with Crippen LogP contribution in [0.15, 0.2) is 18.5 Å². The van der Waals surface area contributed by atoms with E-state index >= 15 is 0 Å². The first-order chi connectivity index (χ1) is 7.08. The van der Waals surface area contributed by atoms with Crippen LogP contribution in [0.1, 0.15) is 25.8 Å². The topological polar surface area (TPSA) is 55.1 Å². The fourth-order valence-corrected chi connectivity index (χ4v) is 1.15. The van der Waals surface area contributed by atoms with E-state index in [1.807, 2.05) is 10.9 Å². The molecule has 0 saturated heterocycles. The lowest BCUT2D eigenvalue weighted by Crippen LogP contribution is -2.01. The van der Waals surface area contributed by atoms with Gasteiger partial charge >= 0.3 is 5.97 Å². The van der Waals surface area contributed by atoms with Crippen molar-refractivity contribution in [3.05, 3.63) is 24.0 Å². The van der Waals surface area contributed by atoms with Crippen LogP contribution in [-0.4, -0.2) is 20.9 Å². The SMILES string of the molecule is CC(C)CCn1cc(/C=C/C(=O)O)cn1. The molecule has 0 unspecified atom stereocenters. The van der Waals surface area contributed by atoms with Gasteiger partial charge in [-0.25, -0.2) is 4.79 Å². The Hall–Kier alpha value is -1.58. The smallest absolute Gasteiger partial charge is 0.328 e. The van der Waals surface area contributed by atoms with Gasteiger partial charge in [-0.3, -0.25) is 4.68 Å². The van der Waals surface area contributed by atoms with E-state index in [-0.39, 0.29) is 0 Å². The quantitative estimate of drug-likeness (QED) is 0.753. The lowest BCUT2D eigenvalue weighted by molar-refractivity contribution is -0.131. The zero-order valence-electron chi connectivity index (χ0n) is 9.05. The van der Waals surface area contributed by atoms with E-state index < -0.39 is 5.97 Å². The fraction of sp³-hybridized carbons (Fsp3) is 0.455. The molecule has 82 valence electrons. The Morgan fingerprint density at radius 3 is 3.00 bits per heavy atom. The van der Waals surface area contributed by atoms with Crippen LogP contribution in [-0.2, 0) is 11.3 Å². The van der Waals surface area contributed by atoms with Crippen molar-refractivity contribution in [3.63, 3.8) is 0 Å². The molecule has 0 aliphatic rings. The number of aromatic nitrogens is 2. The Balaban J connectivity index is 2.52. The van der Waals surface area contributed by atoms with Gasteiger partial charge in [-0.2, -0.15) is 5.10 Å². The number of hydrogen-bond acceptors (Lipinski definition) is 2. The predicted octanol–water partition coefficient (Wildman–Crippen LogP) is 2.03. The van der Waals surface area contributed by atoms with Crippen LogP contribution in [0.4, 0.5) is 0 Å². The molecule has 0 atom stereocenters. The summed E-state index contributed by atoms with van der Waals surface area (Å²) in [5.41, 5.74) is 0.821. The highest BCUT2D eigenvalue weighted by atomic mass is 16.4. The van der Waals surface area contributed by atoms with Crippen molar-refractivity contribution in [1.29, 1.82) is 0 Å². The van der Waals surface area contributed by atoms with Gasteiger partial charge in [0.1, 0.15) is 0 Å². The van der Waals surface area contributed by atoms with Crippen molar-refractivity contribution in [2.75, 3.05) is 0 Å². The van der Waals surface area contributed by atoms with Crippen molar-refractivity contribution in [3.8, 4) is 0 Å². The Morgan fingerprint density at radius 2 is 2.40 bits per heavy atom. The van der Waals surface area contributed by atoms with Crippen LogP contribution in [0.25, 0.3) is 6.08 Å². The Morgan fingerprint density at radius 1 is 1.67 bits per heavy atom. The third kappa shape index (κ3) is 4.44. The van der Waals surface area contributed by atoms with E-state index in [0.717, 1.165) is 24.6 Å². The largest absolute Gasteiger partial charge is 0.478 e. The summed E-state index contributed by atoms with van der Waals surface area (Å²) in [6.07, 6.45) is 7.25. The lowest BCUT2D eigenvalue weighted by Gasteiger charge is -2.03. The average Bonchev–Trinajstić information content (AvgIpc) is 2.59. The van der Waals surface area contributed by atoms with E-state index in [1.165, 1.54) is 0 Å². The molecular weight excluding hydrogens is 192 g/mol. The summed E-state index contributed by atoms with van der Waals surface area (Å²) in [6.45, 7) is 5.20. The first-order valence-electron chi connectivity index (χ1n) is 5.01. The van der Waals surface area contributed by atoms with Crippen LogP contribution < -0.4 is 0 Å². The Kier molecular flexibility index (Phi) is 4.09. The molecule has 0 bridgehead atoms. The molecule has 0 aromatic carbocycles. The average molecular weight is 208 g/mol.